The number of halogens is 1. The quantitative estimate of drug-likeness (QED) is 0.223. The van der Waals surface area contributed by atoms with Gasteiger partial charge in [-0.3, -0.25) is 9.63 Å². The summed E-state index contributed by atoms with van der Waals surface area (Å²) in [5.41, 5.74) is 5.77. The number of anilines is 3. The van der Waals surface area contributed by atoms with E-state index in [2.05, 4.69) is 76.1 Å². The molecule has 0 saturated heterocycles. The Kier molecular flexibility index (Phi) is 17.0. The number of amides is 1. The molecule has 2 aromatic rings. The maximum Gasteiger partial charge on any atom is 0.276 e. The average molecular weight is 531 g/mol. The van der Waals surface area contributed by atoms with Crippen molar-refractivity contribution in [3.05, 3.63) is 71.0 Å². The second-order valence-corrected chi connectivity index (χ2v) is 10.4. The van der Waals surface area contributed by atoms with Crippen LogP contribution in [0.1, 0.15) is 79.1 Å². The standard InChI is InChI=1S/C19H21ClN4O2.C7H16.C4H10/c1-12(2)9-13(3)22-18-10-17(15(20)11-21-18)23-16-8-6-5-7-14(16)19(25)24-26-4;1-5-7(4)6(2)3;1-4(2)3/h5-11H,1H2,2-4H3,(H,24,25)(H2,21,22,23);6-7H,5H2,1-4H3;4H,1-3H3/b13-9+;;. The molecule has 1 unspecified atom stereocenters. The van der Waals surface area contributed by atoms with Crippen molar-refractivity contribution in [2.75, 3.05) is 17.7 Å². The van der Waals surface area contributed by atoms with Gasteiger partial charge in [0, 0.05) is 11.8 Å². The fraction of sp³-hybridized carbons (Fsp3) is 0.467. The lowest BCUT2D eigenvalue weighted by Crippen LogP contribution is -2.22. The van der Waals surface area contributed by atoms with Gasteiger partial charge in [-0.05, 0) is 49.8 Å². The van der Waals surface area contributed by atoms with Crippen LogP contribution in [0.2, 0.25) is 5.02 Å². The molecular formula is C30H47ClN4O2. The Morgan fingerprint density at radius 1 is 1.11 bits per heavy atom. The maximum absolute atomic E-state index is 12.1. The Labute approximate surface area is 229 Å². The van der Waals surface area contributed by atoms with E-state index in [1.807, 2.05) is 26.0 Å². The lowest BCUT2D eigenvalue weighted by Gasteiger charge is -2.14. The van der Waals surface area contributed by atoms with E-state index in [-0.39, 0.29) is 5.91 Å². The summed E-state index contributed by atoms with van der Waals surface area (Å²) in [4.78, 5) is 21.1. The molecule has 2 rings (SSSR count). The number of para-hydroxylation sites is 1. The molecule has 3 N–H and O–H groups in total. The third-order valence-corrected chi connectivity index (χ3v) is 5.36. The van der Waals surface area contributed by atoms with Crippen LogP contribution >= 0.6 is 11.6 Å². The Balaban J connectivity index is 0.000000988. The number of carbonyl (C=O) groups excluding carboxylic acids is 1. The molecule has 0 bridgehead atoms. The largest absolute Gasteiger partial charge is 0.353 e. The minimum atomic E-state index is -0.362. The fourth-order valence-corrected chi connectivity index (χ4v) is 2.92. The molecule has 0 radical (unpaired) electrons. The molecule has 206 valence electrons. The van der Waals surface area contributed by atoms with Crippen molar-refractivity contribution >= 4 is 34.7 Å². The van der Waals surface area contributed by atoms with Crippen LogP contribution in [-0.4, -0.2) is 18.0 Å². The molecule has 0 aliphatic carbocycles. The van der Waals surface area contributed by atoms with Gasteiger partial charge in [0.25, 0.3) is 5.91 Å². The lowest BCUT2D eigenvalue weighted by atomic mass is 9.96. The number of carbonyl (C=O) groups is 1. The van der Waals surface area contributed by atoms with E-state index in [9.17, 15) is 4.79 Å². The first-order valence-corrected chi connectivity index (χ1v) is 13.2. The Morgan fingerprint density at radius 3 is 2.19 bits per heavy atom. The number of hydrogen-bond acceptors (Lipinski definition) is 5. The zero-order valence-electron chi connectivity index (χ0n) is 24.3. The van der Waals surface area contributed by atoms with Crippen molar-refractivity contribution < 1.29 is 9.63 Å². The summed E-state index contributed by atoms with van der Waals surface area (Å²) in [5, 5.41) is 6.77. The number of benzene rings is 1. The van der Waals surface area contributed by atoms with Crippen LogP contribution in [-0.2, 0) is 4.84 Å². The summed E-state index contributed by atoms with van der Waals surface area (Å²) in [5.74, 6) is 2.86. The zero-order valence-corrected chi connectivity index (χ0v) is 25.1. The number of hydrogen-bond donors (Lipinski definition) is 3. The van der Waals surface area contributed by atoms with Crippen LogP contribution in [0.3, 0.4) is 0 Å². The van der Waals surface area contributed by atoms with Crippen molar-refractivity contribution in [3.8, 4) is 0 Å². The molecule has 0 fully saturated rings. The molecule has 1 heterocycles. The Morgan fingerprint density at radius 2 is 1.70 bits per heavy atom. The van der Waals surface area contributed by atoms with Gasteiger partial charge >= 0.3 is 0 Å². The van der Waals surface area contributed by atoms with E-state index in [0.29, 0.717) is 27.8 Å². The molecule has 0 aliphatic rings. The van der Waals surface area contributed by atoms with E-state index in [4.69, 9.17) is 16.4 Å². The zero-order chi connectivity index (χ0) is 28.5. The van der Waals surface area contributed by atoms with Crippen LogP contribution in [0.25, 0.3) is 0 Å². The molecule has 1 atom stereocenters. The van der Waals surface area contributed by atoms with E-state index >= 15 is 0 Å². The first-order chi connectivity index (χ1) is 17.3. The normalized spacial score (nSPS) is 11.5. The highest BCUT2D eigenvalue weighted by Crippen LogP contribution is 2.29. The second kappa shape index (κ2) is 18.4. The molecule has 0 saturated carbocycles. The molecule has 0 spiro atoms. The number of aromatic nitrogens is 1. The van der Waals surface area contributed by atoms with Gasteiger partial charge in [-0.1, -0.05) is 90.8 Å². The number of pyridine rings is 1. The van der Waals surface area contributed by atoms with E-state index in [0.717, 1.165) is 29.0 Å². The van der Waals surface area contributed by atoms with E-state index in [1.54, 1.807) is 24.3 Å². The van der Waals surface area contributed by atoms with E-state index < -0.39 is 0 Å². The first kappa shape index (κ1) is 34.2. The van der Waals surface area contributed by atoms with E-state index in [1.165, 1.54) is 19.7 Å². The van der Waals surface area contributed by atoms with Gasteiger partial charge in [-0.15, -0.1) is 0 Å². The minimum absolute atomic E-state index is 0.362. The summed E-state index contributed by atoms with van der Waals surface area (Å²) in [6.45, 7) is 23.3. The summed E-state index contributed by atoms with van der Waals surface area (Å²) in [7, 11) is 1.38. The van der Waals surface area contributed by atoms with Crippen LogP contribution in [0.4, 0.5) is 17.2 Å². The maximum atomic E-state index is 12.1. The number of allylic oxidation sites excluding steroid dienone is 3. The second-order valence-electron chi connectivity index (χ2n) is 10.0. The molecule has 1 aromatic heterocycles. The third-order valence-electron chi connectivity index (χ3n) is 5.06. The molecule has 7 heteroatoms. The molecule has 37 heavy (non-hydrogen) atoms. The molecule has 1 aromatic carbocycles. The van der Waals surface area contributed by atoms with Crippen LogP contribution in [0.5, 0.6) is 0 Å². The SMILES string of the molecule is C=C(C)/C=C(\C)Nc1cc(Nc2ccccc2C(=O)NOC)c(Cl)cn1.CC(C)C.CCC(C)C(C)C. The Bertz CT molecular complexity index is 1000. The highest BCUT2D eigenvalue weighted by Gasteiger charge is 2.12. The van der Waals surface area contributed by atoms with Gasteiger partial charge in [0.15, 0.2) is 0 Å². The molecular weight excluding hydrogens is 484 g/mol. The van der Waals surface area contributed by atoms with Crippen molar-refractivity contribution in [2.24, 2.45) is 17.8 Å². The summed E-state index contributed by atoms with van der Waals surface area (Å²) in [6, 6.07) is 8.82. The van der Waals surface area contributed by atoms with Gasteiger partial charge in [0.1, 0.15) is 5.82 Å². The Hall–Kier alpha value is -2.83. The summed E-state index contributed by atoms with van der Waals surface area (Å²) in [6.07, 6.45) is 4.77. The lowest BCUT2D eigenvalue weighted by molar-refractivity contribution is 0.0538. The van der Waals surface area contributed by atoms with Crippen LogP contribution < -0.4 is 16.1 Å². The first-order valence-electron chi connectivity index (χ1n) is 12.8. The predicted octanol–water partition coefficient (Wildman–Crippen LogP) is 9.01. The highest BCUT2D eigenvalue weighted by atomic mass is 35.5. The number of hydroxylamine groups is 1. The topological polar surface area (TPSA) is 75.3 Å². The molecule has 1 amide bonds. The highest BCUT2D eigenvalue weighted by molar-refractivity contribution is 6.33. The van der Waals surface area contributed by atoms with Crippen molar-refractivity contribution in [2.45, 2.75) is 68.7 Å². The van der Waals surface area contributed by atoms with Gasteiger partial charge < -0.3 is 10.6 Å². The van der Waals surface area contributed by atoms with Gasteiger partial charge in [-0.25, -0.2) is 10.5 Å². The smallest absolute Gasteiger partial charge is 0.276 e. The minimum Gasteiger partial charge on any atom is -0.353 e. The van der Waals surface area contributed by atoms with Crippen molar-refractivity contribution in [1.29, 1.82) is 0 Å². The third kappa shape index (κ3) is 15.1. The van der Waals surface area contributed by atoms with Crippen molar-refractivity contribution in [1.82, 2.24) is 10.5 Å². The summed E-state index contributed by atoms with van der Waals surface area (Å²) >= 11 is 6.25. The van der Waals surface area contributed by atoms with Crippen molar-refractivity contribution in [3.63, 3.8) is 0 Å². The number of nitrogens with zero attached hydrogens (tertiary/aromatic N) is 1. The average Bonchev–Trinajstić information content (AvgIpc) is 2.80. The predicted molar refractivity (Wildman–Crippen MR) is 160 cm³/mol. The number of rotatable bonds is 9. The molecule has 0 aliphatic heterocycles. The van der Waals surface area contributed by atoms with Crippen LogP contribution in [0, 0.1) is 17.8 Å². The monoisotopic (exact) mass is 530 g/mol. The fourth-order valence-electron chi connectivity index (χ4n) is 2.76. The van der Waals surface area contributed by atoms with Gasteiger partial charge in [0.2, 0.25) is 0 Å². The van der Waals surface area contributed by atoms with Crippen LogP contribution in [0.15, 0.2) is 60.5 Å². The number of nitrogens with one attached hydrogen (secondary N) is 3. The molecule has 6 nitrogen and oxygen atoms in total. The van der Waals surface area contributed by atoms with Gasteiger partial charge in [0.05, 0.1) is 35.3 Å². The van der Waals surface area contributed by atoms with Gasteiger partial charge in [-0.2, -0.15) is 0 Å². The summed E-state index contributed by atoms with van der Waals surface area (Å²) < 4.78 is 0.